The van der Waals surface area contributed by atoms with E-state index in [-0.39, 0.29) is 18.1 Å². The largest absolute Gasteiger partial charge is 0.375 e. The topological polar surface area (TPSA) is 41.6 Å². The fraction of sp³-hybridized carbons (Fsp3) is 0.875. The highest BCUT2D eigenvalue weighted by molar-refractivity contribution is 5.82. The molecule has 0 aromatic heterocycles. The van der Waals surface area contributed by atoms with Crippen molar-refractivity contribution in [1.82, 2.24) is 10.2 Å². The average Bonchev–Trinajstić information content (AvgIpc) is 2.04. The highest BCUT2D eigenvalue weighted by Gasteiger charge is 2.28. The standard InChI is InChI=1S/C8H16N2O2/c1-6-7(8(11)10(2)3)9-4-5-12-6/h6-7,9H,4-5H2,1-3H3. The van der Waals surface area contributed by atoms with E-state index in [1.807, 2.05) is 6.92 Å². The number of morpholine rings is 1. The van der Waals surface area contributed by atoms with E-state index in [0.29, 0.717) is 6.61 Å². The zero-order valence-electron chi connectivity index (χ0n) is 7.83. The maximum absolute atomic E-state index is 11.5. The van der Waals surface area contributed by atoms with Crippen LogP contribution in [0.4, 0.5) is 0 Å². The molecule has 70 valence electrons. The molecule has 1 heterocycles. The first-order valence-electron chi connectivity index (χ1n) is 4.19. The van der Waals surface area contributed by atoms with Crippen molar-refractivity contribution < 1.29 is 9.53 Å². The zero-order chi connectivity index (χ0) is 9.14. The number of nitrogens with zero attached hydrogens (tertiary/aromatic N) is 1. The van der Waals surface area contributed by atoms with Gasteiger partial charge in [-0.2, -0.15) is 0 Å². The second-order valence-corrected chi connectivity index (χ2v) is 3.24. The molecule has 0 aromatic carbocycles. The number of hydrogen-bond acceptors (Lipinski definition) is 3. The van der Waals surface area contributed by atoms with Crippen LogP contribution in [-0.2, 0) is 9.53 Å². The third-order valence-electron chi connectivity index (χ3n) is 2.02. The highest BCUT2D eigenvalue weighted by Crippen LogP contribution is 2.05. The van der Waals surface area contributed by atoms with Crippen LogP contribution in [0.15, 0.2) is 0 Å². The van der Waals surface area contributed by atoms with Crippen LogP contribution in [-0.4, -0.2) is 50.2 Å². The second-order valence-electron chi connectivity index (χ2n) is 3.24. The summed E-state index contributed by atoms with van der Waals surface area (Å²) in [6, 6.07) is -0.172. The minimum atomic E-state index is -0.172. The summed E-state index contributed by atoms with van der Waals surface area (Å²) in [5, 5.41) is 3.13. The van der Waals surface area contributed by atoms with E-state index in [0.717, 1.165) is 6.54 Å². The summed E-state index contributed by atoms with van der Waals surface area (Å²) in [5.74, 6) is 0.0854. The van der Waals surface area contributed by atoms with Gasteiger partial charge in [0, 0.05) is 20.6 Å². The molecule has 1 N–H and O–H groups in total. The molecule has 0 spiro atoms. The van der Waals surface area contributed by atoms with Gasteiger partial charge < -0.3 is 15.0 Å². The van der Waals surface area contributed by atoms with E-state index in [4.69, 9.17) is 4.74 Å². The SMILES string of the molecule is CC1OCCNC1C(=O)N(C)C. The van der Waals surface area contributed by atoms with E-state index in [2.05, 4.69) is 5.32 Å². The maximum atomic E-state index is 11.5. The number of amides is 1. The molecule has 1 rings (SSSR count). The number of rotatable bonds is 1. The van der Waals surface area contributed by atoms with Gasteiger partial charge in [0.15, 0.2) is 0 Å². The predicted molar refractivity (Wildman–Crippen MR) is 45.9 cm³/mol. The van der Waals surface area contributed by atoms with Crippen molar-refractivity contribution in [2.45, 2.75) is 19.1 Å². The molecule has 0 bridgehead atoms. The van der Waals surface area contributed by atoms with Gasteiger partial charge in [-0.1, -0.05) is 0 Å². The van der Waals surface area contributed by atoms with Crippen LogP contribution in [0, 0.1) is 0 Å². The van der Waals surface area contributed by atoms with Crippen molar-refractivity contribution in [3.8, 4) is 0 Å². The lowest BCUT2D eigenvalue weighted by atomic mass is 10.1. The van der Waals surface area contributed by atoms with Gasteiger partial charge in [0.2, 0.25) is 5.91 Å². The Balaban J connectivity index is 2.53. The van der Waals surface area contributed by atoms with E-state index >= 15 is 0 Å². The van der Waals surface area contributed by atoms with Crippen LogP contribution in [0.5, 0.6) is 0 Å². The van der Waals surface area contributed by atoms with Gasteiger partial charge in [0.25, 0.3) is 0 Å². The zero-order valence-corrected chi connectivity index (χ0v) is 7.83. The summed E-state index contributed by atoms with van der Waals surface area (Å²) in [7, 11) is 3.51. The smallest absolute Gasteiger partial charge is 0.241 e. The van der Waals surface area contributed by atoms with Crippen molar-refractivity contribution in [1.29, 1.82) is 0 Å². The maximum Gasteiger partial charge on any atom is 0.241 e. The summed E-state index contributed by atoms with van der Waals surface area (Å²) in [6.07, 6.45) is -0.0198. The van der Waals surface area contributed by atoms with E-state index in [1.54, 1.807) is 19.0 Å². The molecule has 0 aliphatic carbocycles. The van der Waals surface area contributed by atoms with Gasteiger partial charge >= 0.3 is 0 Å². The first-order valence-corrected chi connectivity index (χ1v) is 4.19. The molecule has 0 saturated carbocycles. The van der Waals surface area contributed by atoms with E-state index in [9.17, 15) is 4.79 Å². The summed E-state index contributed by atoms with van der Waals surface area (Å²) in [4.78, 5) is 13.1. The Hall–Kier alpha value is -0.610. The van der Waals surface area contributed by atoms with Gasteiger partial charge in [-0.25, -0.2) is 0 Å². The minimum absolute atomic E-state index is 0.0198. The fourth-order valence-corrected chi connectivity index (χ4v) is 1.29. The number of hydrogen-bond donors (Lipinski definition) is 1. The molecule has 1 aliphatic heterocycles. The van der Waals surface area contributed by atoms with Crippen LogP contribution in [0.25, 0.3) is 0 Å². The molecular formula is C8H16N2O2. The molecule has 0 aromatic rings. The molecule has 2 unspecified atom stereocenters. The van der Waals surface area contributed by atoms with Crippen molar-refractivity contribution in [3.63, 3.8) is 0 Å². The molecule has 1 amide bonds. The monoisotopic (exact) mass is 172 g/mol. The van der Waals surface area contributed by atoms with Crippen molar-refractivity contribution in [2.24, 2.45) is 0 Å². The first kappa shape index (κ1) is 9.48. The quantitative estimate of drug-likeness (QED) is 0.577. The molecule has 2 atom stereocenters. The number of carbonyl (C=O) groups excluding carboxylic acids is 1. The molecule has 1 saturated heterocycles. The highest BCUT2D eigenvalue weighted by atomic mass is 16.5. The predicted octanol–water partition coefficient (Wildman–Crippen LogP) is -0.548. The van der Waals surface area contributed by atoms with Crippen LogP contribution < -0.4 is 5.32 Å². The Kier molecular flexibility index (Phi) is 3.05. The van der Waals surface area contributed by atoms with Crippen molar-refractivity contribution in [2.75, 3.05) is 27.2 Å². The molecule has 1 fully saturated rings. The molecule has 12 heavy (non-hydrogen) atoms. The van der Waals surface area contributed by atoms with Crippen LogP contribution >= 0.6 is 0 Å². The fourth-order valence-electron chi connectivity index (χ4n) is 1.29. The van der Waals surface area contributed by atoms with Crippen LogP contribution in [0.3, 0.4) is 0 Å². The normalized spacial score (nSPS) is 29.9. The van der Waals surface area contributed by atoms with E-state index < -0.39 is 0 Å². The number of ether oxygens (including phenoxy) is 1. The summed E-state index contributed by atoms with van der Waals surface area (Å²) in [6.45, 7) is 3.37. The van der Waals surface area contributed by atoms with Crippen molar-refractivity contribution >= 4 is 5.91 Å². The van der Waals surface area contributed by atoms with Crippen molar-refractivity contribution in [3.05, 3.63) is 0 Å². The minimum Gasteiger partial charge on any atom is -0.375 e. The number of nitrogens with one attached hydrogen (secondary N) is 1. The lowest BCUT2D eigenvalue weighted by molar-refractivity contribution is -0.136. The van der Waals surface area contributed by atoms with Gasteiger partial charge in [-0.15, -0.1) is 0 Å². The molecule has 1 aliphatic rings. The average molecular weight is 172 g/mol. The Morgan fingerprint density at radius 1 is 1.58 bits per heavy atom. The Morgan fingerprint density at radius 2 is 2.25 bits per heavy atom. The number of likely N-dealkylation sites (N-methyl/N-ethyl adjacent to an activating group) is 1. The Labute approximate surface area is 72.9 Å². The first-order chi connectivity index (χ1) is 5.63. The van der Waals surface area contributed by atoms with Gasteiger partial charge in [0.1, 0.15) is 6.04 Å². The third-order valence-corrected chi connectivity index (χ3v) is 2.02. The Bertz CT molecular complexity index is 170. The molecule has 0 radical (unpaired) electrons. The lowest BCUT2D eigenvalue weighted by Crippen LogP contribution is -2.55. The third kappa shape index (κ3) is 1.95. The number of carbonyl (C=O) groups is 1. The Morgan fingerprint density at radius 3 is 2.75 bits per heavy atom. The van der Waals surface area contributed by atoms with Gasteiger partial charge in [-0.3, -0.25) is 4.79 Å². The lowest BCUT2D eigenvalue weighted by Gasteiger charge is -2.30. The van der Waals surface area contributed by atoms with Crippen LogP contribution in [0.2, 0.25) is 0 Å². The molecular weight excluding hydrogens is 156 g/mol. The summed E-state index contributed by atoms with van der Waals surface area (Å²) in [5.41, 5.74) is 0. The van der Waals surface area contributed by atoms with Gasteiger partial charge in [0.05, 0.1) is 12.7 Å². The second kappa shape index (κ2) is 3.87. The van der Waals surface area contributed by atoms with E-state index in [1.165, 1.54) is 0 Å². The van der Waals surface area contributed by atoms with Crippen LogP contribution in [0.1, 0.15) is 6.92 Å². The van der Waals surface area contributed by atoms with Gasteiger partial charge in [-0.05, 0) is 6.92 Å². The summed E-state index contributed by atoms with van der Waals surface area (Å²) >= 11 is 0. The molecule has 4 nitrogen and oxygen atoms in total. The summed E-state index contributed by atoms with van der Waals surface area (Å²) < 4.78 is 5.35. The molecule has 4 heteroatoms.